The van der Waals surface area contributed by atoms with Crippen molar-refractivity contribution in [1.29, 1.82) is 0 Å². The zero-order valence-corrected chi connectivity index (χ0v) is 16.2. The molecule has 0 aliphatic heterocycles. The van der Waals surface area contributed by atoms with Crippen LogP contribution in [0.4, 0.5) is 0 Å². The maximum atomic E-state index is 12.9. The first-order chi connectivity index (χ1) is 13.0. The highest BCUT2D eigenvalue weighted by atomic mass is 35.5. The van der Waals surface area contributed by atoms with Crippen molar-refractivity contribution in [3.63, 3.8) is 0 Å². The molecule has 0 saturated heterocycles. The Kier molecular flexibility index (Phi) is 6.32. The maximum Gasteiger partial charge on any atom is 0.257 e. The lowest BCUT2D eigenvalue weighted by molar-refractivity contribution is 0.0780. The summed E-state index contributed by atoms with van der Waals surface area (Å²) in [5.41, 5.74) is 2.31. The number of carbonyl (C=O) groups is 1. The van der Waals surface area contributed by atoms with Gasteiger partial charge in [0.15, 0.2) is 0 Å². The number of hydrogen-bond donors (Lipinski definition) is 0. The lowest BCUT2D eigenvalue weighted by atomic mass is 10.1. The van der Waals surface area contributed by atoms with E-state index in [1.54, 1.807) is 48.6 Å². The molecule has 0 fully saturated rings. The Labute approximate surface area is 168 Å². The number of amides is 1. The second-order valence-electron chi connectivity index (χ2n) is 6.04. The molecular formula is C21H18Cl2N2O2. The number of para-hydroxylation sites is 1. The minimum atomic E-state index is -0.121. The van der Waals surface area contributed by atoms with Crippen molar-refractivity contribution in [2.45, 2.75) is 13.2 Å². The van der Waals surface area contributed by atoms with Gasteiger partial charge in [-0.25, -0.2) is 0 Å². The smallest absolute Gasteiger partial charge is 0.257 e. The molecule has 0 N–H and O–H groups in total. The molecule has 0 radical (unpaired) electrons. The van der Waals surface area contributed by atoms with Crippen LogP contribution in [0.5, 0.6) is 5.75 Å². The second kappa shape index (κ2) is 8.89. The molecule has 0 unspecified atom stereocenters. The van der Waals surface area contributed by atoms with Crippen molar-refractivity contribution in [1.82, 2.24) is 9.88 Å². The van der Waals surface area contributed by atoms with Crippen LogP contribution in [-0.4, -0.2) is 22.8 Å². The monoisotopic (exact) mass is 400 g/mol. The van der Waals surface area contributed by atoms with Gasteiger partial charge >= 0.3 is 0 Å². The number of nitrogens with zero attached hydrogens (tertiary/aromatic N) is 2. The highest BCUT2D eigenvalue weighted by molar-refractivity contribution is 6.35. The topological polar surface area (TPSA) is 42.4 Å². The van der Waals surface area contributed by atoms with E-state index >= 15 is 0 Å². The van der Waals surface area contributed by atoms with E-state index in [1.807, 2.05) is 30.3 Å². The summed E-state index contributed by atoms with van der Waals surface area (Å²) in [6.45, 7) is 0.729. The van der Waals surface area contributed by atoms with Crippen molar-refractivity contribution < 1.29 is 9.53 Å². The minimum Gasteiger partial charge on any atom is -0.488 e. The number of benzene rings is 2. The van der Waals surface area contributed by atoms with Gasteiger partial charge in [-0.3, -0.25) is 9.78 Å². The number of carbonyl (C=O) groups excluding carboxylic acids is 1. The van der Waals surface area contributed by atoms with Crippen LogP contribution in [0.3, 0.4) is 0 Å². The van der Waals surface area contributed by atoms with Gasteiger partial charge in [-0.05, 0) is 42.0 Å². The minimum absolute atomic E-state index is 0.121. The molecule has 1 amide bonds. The Bertz CT molecular complexity index is 932. The SMILES string of the molecule is CN(Cc1ccncc1)C(=O)c1ccccc1OCc1ccc(Cl)cc1Cl. The van der Waals surface area contributed by atoms with Crippen LogP contribution < -0.4 is 4.74 Å². The molecule has 1 aromatic heterocycles. The van der Waals surface area contributed by atoms with Crippen LogP contribution >= 0.6 is 23.2 Å². The molecule has 1 heterocycles. The van der Waals surface area contributed by atoms with Gasteiger partial charge in [-0.1, -0.05) is 41.4 Å². The fourth-order valence-electron chi connectivity index (χ4n) is 2.60. The third-order valence-corrected chi connectivity index (χ3v) is 4.62. The summed E-state index contributed by atoms with van der Waals surface area (Å²) in [7, 11) is 1.76. The van der Waals surface area contributed by atoms with Gasteiger partial charge in [0.25, 0.3) is 5.91 Å². The lowest BCUT2D eigenvalue weighted by Crippen LogP contribution is -2.26. The molecule has 0 spiro atoms. The van der Waals surface area contributed by atoms with Gasteiger partial charge < -0.3 is 9.64 Å². The van der Waals surface area contributed by atoms with Crippen LogP contribution in [-0.2, 0) is 13.2 Å². The van der Waals surface area contributed by atoms with Crippen LogP contribution in [0.25, 0.3) is 0 Å². The Morgan fingerprint density at radius 1 is 1.07 bits per heavy atom. The first kappa shape index (κ1) is 19.2. The van der Waals surface area contributed by atoms with Gasteiger partial charge in [-0.15, -0.1) is 0 Å². The lowest BCUT2D eigenvalue weighted by Gasteiger charge is -2.19. The number of halogens is 2. The van der Waals surface area contributed by atoms with Gasteiger partial charge in [0.1, 0.15) is 12.4 Å². The van der Waals surface area contributed by atoms with E-state index in [-0.39, 0.29) is 12.5 Å². The molecule has 0 bridgehead atoms. The van der Waals surface area contributed by atoms with E-state index in [1.165, 1.54) is 0 Å². The first-order valence-electron chi connectivity index (χ1n) is 8.34. The number of rotatable bonds is 6. The van der Waals surface area contributed by atoms with Gasteiger partial charge in [0, 0.05) is 41.6 Å². The Balaban J connectivity index is 1.73. The van der Waals surface area contributed by atoms with Crippen molar-refractivity contribution in [2.24, 2.45) is 0 Å². The van der Waals surface area contributed by atoms with E-state index in [9.17, 15) is 4.79 Å². The number of pyridine rings is 1. The number of ether oxygens (including phenoxy) is 1. The van der Waals surface area contributed by atoms with Gasteiger partial charge in [-0.2, -0.15) is 0 Å². The predicted octanol–water partition coefficient (Wildman–Crippen LogP) is 5.24. The summed E-state index contributed by atoms with van der Waals surface area (Å²) in [4.78, 5) is 18.5. The average Bonchev–Trinajstić information content (AvgIpc) is 2.68. The summed E-state index contributed by atoms with van der Waals surface area (Å²) in [6, 6.07) is 16.2. The first-order valence-corrected chi connectivity index (χ1v) is 9.10. The van der Waals surface area contributed by atoms with Gasteiger partial charge in [0.2, 0.25) is 0 Å². The standard InChI is InChI=1S/C21H18Cl2N2O2/c1-25(13-15-8-10-24-11-9-15)21(26)18-4-2-3-5-20(18)27-14-16-6-7-17(22)12-19(16)23/h2-12H,13-14H2,1H3. The summed E-state index contributed by atoms with van der Waals surface area (Å²) in [5.74, 6) is 0.389. The van der Waals surface area contributed by atoms with Crippen LogP contribution in [0.15, 0.2) is 67.0 Å². The quantitative estimate of drug-likeness (QED) is 0.567. The predicted molar refractivity (Wildman–Crippen MR) is 107 cm³/mol. The molecule has 0 atom stereocenters. The van der Waals surface area contributed by atoms with Crippen molar-refractivity contribution >= 4 is 29.1 Å². The molecule has 0 aliphatic carbocycles. The van der Waals surface area contributed by atoms with Crippen LogP contribution in [0.1, 0.15) is 21.5 Å². The molecule has 4 nitrogen and oxygen atoms in total. The van der Waals surface area contributed by atoms with E-state index in [2.05, 4.69) is 4.98 Å². The zero-order valence-electron chi connectivity index (χ0n) is 14.7. The summed E-state index contributed by atoms with van der Waals surface area (Å²) in [6.07, 6.45) is 3.42. The highest BCUT2D eigenvalue weighted by Crippen LogP contribution is 2.25. The zero-order chi connectivity index (χ0) is 19.2. The summed E-state index contributed by atoms with van der Waals surface area (Å²) >= 11 is 12.1. The Morgan fingerprint density at radius 3 is 2.56 bits per heavy atom. The van der Waals surface area contributed by atoms with Gasteiger partial charge in [0.05, 0.1) is 5.56 Å². The third kappa shape index (κ3) is 5.00. The van der Waals surface area contributed by atoms with E-state index < -0.39 is 0 Å². The third-order valence-electron chi connectivity index (χ3n) is 4.03. The Hall–Kier alpha value is -2.56. The molecule has 6 heteroatoms. The number of aromatic nitrogens is 1. The van der Waals surface area contributed by atoms with Crippen LogP contribution in [0.2, 0.25) is 10.0 Å². The fraction of sp³-hybridized carbons (Fsp3) is 0.143. The average molecular weight is 401 g/mol. The molecule has 2 aromatic carbocycles. The maximum absolute atomic E-state index is 12.9. The molecule has 3 rings (SSSR count). The second-order valence-corrected chi connectivity index (χ2v) is 6.88. The molecule has 0 aliphatic rings. The summed E-state index contributed by atoms with van der Waals surface area (Å²) in [5, 5.41) is 1.10. The number of hydrogen-bond acceptors (Lipinski definition) is 3. The molecule has 138 valence electrons. The fourth-order valence-corrected chi connectivity index (χ4v) is 3.07. The highest BCUT2D eigenvalue weighted by Gasteiger charge is 2.17. The van der Waals surface area contributed by atoms with E-state index in [4.69, 9.17) is 27.9 Å². The summed E-state index contributed by atoms with van der Waals surface area (Å²) < 4.78 is 5.88. The van der Waals surface area contributed by atoms with Crippen molar-refractivity contribution in [3.8, 4) is 5.75 Å². The largest absolute Gasteiger partial charge is 0.488 e. The van der Waals surface area contributed by atoms with E-state index in [0.717, 1.165) is 11.1 Å². The molecule has 27 heavy (non-hydrogen) atoms. The van der Waals surface area contributed by atoms with E-state index in [0.29, 0.717) is 27.9 Å². The van der Waals surface area contributed by atoms with Crippen molar-refractivity contribution in [3.05, 3.63) is 93.7 Å². The normalized spacial score (nSPS) is 10.5. The van der Waals surface area contributed by atoms with Crippen LogP contribution in [0, 0.1) is 0 Å². The molecule has 3 aromatic rings. The molecule has 0 saturated carbocycles. The van der Waals surface area contributed by atoms with Crippen molar-refractivity contribution in [2.75, 3.05) is 7.05 Å². The Morgan fingerprint density at radius 2 is 1.81 bits per heavy atom. The molecular weight excluding hydrogens is 383 g/mol.